The molecule has 0 aliphatic carbocycles. The fourth-order valence-corrected chi connectivity index (χ4v) is 2.05. The molecule has 0 bridgehead atoms. The predicted molar refractivity (Wildman–Crippen MR) is 78.2 cm³/mol. The number of nitrogen functional groups attached to an aromatic ring is 1. The lowest BCUT2D eigenvalue weighted by Crippen LogP contribution is -2.32. The highest BCUT2D eigenvalue weighted by atomic mass is 32.2. The first kappa shape index (κ1) is 13.4. The molecule has 5 nitrogen and oxygen atoms in total. The van der Waals surface area contributed by atoms with E-state index in [2.05, 4.69) is 10.2 Å². The van der Waals surface area contributed by atoms with Crippen LogP contribution in [-0.2, 0) is 0 Å². The van der Waals surface area contributed by atoms with Crippen molar-refractivity contribution in [2.24, 2.45) is 0 Å². The zero-order chi connectivity index (χ0) is 13.7. The maximum atomic E-state index is 12.0. The Morgan fingerprint density at radius 2 is 2.00 bits per heavy atom. The lowest BCUT2D eigenvalue weighted by Gasteiger charge is -2.04. The molecule has 0 unspecified atom stereocenters. The number of nitrogens with two attached hydrogens (primary N) is 1. The van der Waals surface area contributed by atoms with E-state index in [1.807, 2.05) is 37.3 Å². The van der Waals surface area contributed by atoms with Gasteiger partial charge in [-0.15, -0.1) is 10.2 Å². The normalized spacial score (nSPS) is 11.0. The zero-order valence-corrected chi connectivity index (χ0v) is 11.3. The van der Waals surface area contributed by atoms with Gasteiger partial charge in [0.1, 0.15) is 0 Å². The van der Waals surface area contributed by atoms with Gasteiger partial charge in [0.05, 0.1) is 0 Å². The molecule has 0 fully saturated rings. The number of aromatic nitrogens is 3. The van der Waals surface area contributed by atoms with Crippen molar-refractivity contribution >= 4 is 23.9 Å². The molecule has 1 heterocycles. The molecule has 1 aromatic heterocycles. The predicted octanol–water partition coefficient (Wildman–Crippen LogP) is 1.63. The van der Waals surface area contributed by atoms with E-state index in [0.29, 0.717) is 5.16 Å². The van der Waals surface area contributed by atoms with Gasteiger partial charge in [0.15, 0.2) is 5.69 Å². The molecule has 1 aromatic carbocycles. The summed E-state index contributed by atoms with van der Waals surface area (Å²) < 4.78 is 1.03. The van der Waals surface area contributed by atoms with Crippen molar-refractivity contribution < 1.29 is 0 Å². The second kappa shape index (κ2) is 6.19. The van der Waals surface area contributed by atoms with Gasteiger partial charge in [-0.1, -0.05) is 55.1 Å². The maximum absolute atomic E-state index is 12.0. The molecule has 98 valence electrons. The van der Waals surface area contributed by atoms with Crippen LogP contribution in [-0.4, -0.2) is 20.6 Å². The van der Waals surface area contributed by atoms with Gasteiger partial charge in [-0.3, -0.25) is 4.79 Å². The molecule has 0 amide bonds. The molecule has 6 heteroatoms. The quantitative estimate of drug-likeness (QED) is 0.677. The molecule has 0 saturated carbocycles. The Morgan fingerprint density at radius 1 is 1.26 bits per heavy atom. The molecule has 0 aliphatic rings. The Kier molecular flexibility index (Phi) is 4.35. The largest absolute Gasteiger partial charge is 0.334 e. The van der Waals surface area contributed by atoms with Crippen LogP contribution >= 0.6 is 11.8 Å². The Bertz CT molecular complexity index is 637. The standard InChI is InChI=1S/C13H14N4OS/c1-2-19-13-16-15-11(12(18)17(13)14)9-8-10-6-4-3-5-7-10/h3-9H,2,14H2,1H3. The lowest BCUT2D eigenvalue weighted by atomic mass is 10.2. The average Bonchev–Trinajstić information content (AvgIpc) is 2.44. The van der Waals surface area contributed by atoms with Gasteiger partial charge in [0.2, 0.25) is 5.16 Å². The third kappa shape index (κ3) is 3.23. The SMILES string of the molecule is CCSc1nnc(C=Cc2ccccc2)c(=O)n1N. The number of hydrogen-bond acceptors (Lipinski definition) is 5. The van der Waals surface area contributed by atoms with Crippen molar-refractivity contribution in [2.75, 3.05) is 11.6 Å². The fourth-order valence-electron chi connectivity index (χ4n) is 1.47. The second-order valence-corrected chi connectivity index (χ2v) is 4.95. The Morgan fingerprint density at radius 3 is 2.68 bits per heavy atom. The van der Waals surface area contributed by atoms with Gasteiger partial charge >= 0.3 is 0 Å². The topological polar surface area (TPSA) is 73.8 Å². The highest BCUT2D eigenvalue weighted by molar-refractivity contribution is 7.99. The summed E-state index contributed by atoms with van der Waals surface area (Å²) >= 11 is 1.38. The molecule has 2 rings (SSSR count). The van der Waals surface area contributed by atoms with Crippen LogP contribution in [0.5, 0.6) is 0 Å². The molecule has 0 radical (unpaired) electrons. The number of thioether (sulfide) groups is 1. The number of nitrogens with zero attached hydrogens (tertiary/aromatic N) is 3. The lowest BCUT2D eigenvalue weighted by molar-refractivity contribution is 0.694. The Labute approximate surface area is 115 Å². The van der Waals surface area contributed by atoms with Crippen molar-refractivity contribution in [2.45, 2.75) is 12.1 Å². The summed E-state index contributed by atoms with van der Waals surface area (Å²) in [5.74, 6) is 6.47. The van der Waals surface area contributed by atoms with Gasteiger partial charge < -0.3 is 5.84 Å². The summed E-state index contributed by atoms with van der Waals surface area (Å²) in [6.07, 6.45) is 3.42. The van der Waals surface area contributed by atoms with E-state index in [9.17, 15) is 4.79 Å². The average molecular weight is 274 g/mol. The van der Waals surface area contributed by atoms with Crippen LogP contribution in [0, 0.1) is 0 Å². The van der Waals surface area contributed by atoms with Crippen LogP contribution < -0.4 is 11.4 Å². The van der Waals surface area contributed by atoms with E-state index in [-0.39, 0.29) is 11.3 Å². The third-order valence-electron chi connectivity index (χ3n) is 2.39. The van der Waals surface area contributed by atoms with E-state index < -0.39 is 0 Å². The highest BCUT2D eigenvalue weighted by Crippen LogP contribution is 2.10. The summed E-state index contributed by atoms with van der Waals surface area (Å²) in [7, 11) is 0. The van der Waals surface area contributed by atoms with E-state index in [1.54, 1.807) is 12.2 Å². The van der Waals surface area contributed by atoms with E-state index in [1.165, 1.54) is 11.8 Å². The van der Waals surface area contributed by atoms with Gasteiger partial charge in [0.25, 0.3) is 5.56 Å². The van der Waals surface area contributed by atoms with Crippen LogP contribution in [0.4, 0.5) is 0 Å². The van der Waals surface area contributed by atoms with Crippen LogP contribution in [0.3, 0.4) is 0 Å². The van der Waals surface area contributed by atoms with Gasteiger partial charge in [-0.2, -0.15) is 4.68 Å². The van der Waals surface area contributed by atoms with E-state index in [0.717, 1.165) is 16.0 Å². The minimum atomic E-state index is -0.349. The monoisotopic (exact) mass is 274 g/mol. The Balaban J connectivity index is 2.30. The molecule has 0 saturated heterocycles. The first-order valence-electron chi connectivity index (χ1n) is 5.83. The third-order valence-corrected chi connectivity index (χ3v) is 3.22. The number of rotatable bonds is 4. The molecule has 19 heavy (non-hydrogen) atoms. The van der Waals surface area contributed by atoms with E-state index in [4.69, 9.17) is 5.84 Å². The van der Waals surface area contributed by atoms with Crippen LogP contribution in [0.2, 0.25) is 0 Å². The molecule has 0 atom stereocenters. The number of hydrogen-bond donors (Lipinski definition) is 1. The molecular weight excluding hydrogens is 260 g/mol. The summed E-state index contributed by atoms with van der Waals surface area (Å²) in [5.41, 5.74) is 0.865. The smallest absolute Gasteiger partial charge is 0.298 e. The van der Waals surface area contributed by atoms with Crippen LogP contribution in [0.15, 0.2) is 40.3 Å². The molecular formula is C13H14N4OS. The van der Waals surface area contributed by atoms with Crippen molar-refractivity contribution in [3.63, 3.8) is 0 Å². The molecule has 2 N–H and O–H groups in total. The van der Waals surface area contributed by atoms with Crippen molar-refractivity contribution in [3.8, 4) is 0 Å². The second-order valence-electron chi connectivity index (χ2n) is 3.72. The van der Waals surface area contributed by atoms with Gasteiger partial charge in [-0.05, 0) is 17.4 Å². The van der Waals surface area contributed by atoms with Crippen LogP contribution in [0.1, 0.15) is 18.2 Å². The zero-order valence-electron chi connectivity index (χ0n) is 10.5. The van der Waals surface area contributed by atoms with Crippen LogP contribution in [0.25, 0.3) is 12.2 Å². The van der Waals surface area contributed by atoms with Gasteiger partial charge in [-0.25, -0.2) is 0 Å². The first-order valence-corrected chi connectivity index (χ1v) is 6.81. The first-order chi connectivity index (χ1) is 9.22. The summed E-state index contributed by atoms with van der Waals surface area (Å²) in [4.78, 5) is 12.0. The van der Waals surface area contributed by atoms with Crippen molar-refractivity contribution in [1.82, 2.24) is 14.9 Å². The maximum Gasteiger partial charge on any atom is 0.298 e. The molecule has 0 aliphatic heterocycles. The van der Waals surface area contributed by atoms with Crippen molar-refractivity contribution in [3.05, 3.63) is 51.9 Å². The summed E-state index contributed by atoms with van der Waals surface area (Å²) in [6, 6.07) is 9.65. The molecule has 0 spiro atoms. The Hall–Kier alpha value is -2.08. The minimum Gasteiger partial charge on any atom is -0.334 e. The van der Waals surface area contributed by atoms with Crippen molar-refractivity contribution in [1.29, 1.82) is 0 Å². The highest BCUT2D eigenvalue weighted by Gasteiger charge is 2.07. The molecule has 2 aromatic rings. The summed E-state index contributed by atoms with van der Waals surface area (Å²) in [5, 5.41) is 8.26. The van der Waals surface area contributed by atoms with E-state index >= 15 is 0 Å². The fraction of sp³-hybridized carbons (Fsp3) is 0.154. The minimum absolute atomic E-state index is 0.229. The summed E-state index contributed by atoms with van der Waals surface area (Å²) in [6.45, 7) is 1.96. The number of benzene rings is 1. The van der Waals surface area contributed by atoms with Gasteiger partial charge in [0, 0.05) is 0 Å².